The average molecular weight is 509 g/mol. The molecule has 4 heterocycles. The van der Waals surface area contributed by atoms with Crippen molar-refractivity contribution in [2.45, 2.75) is 6.92 Å². The van der Waals surface area contributed by atoms with Gasteiger partial charge in [0.1, 0.15) is 11.5 Å². The second-order valence-corrected chi connectivity index (χ2v) is 8.97. The molecular weight excluding hydrogens is 483 g/mol. The molecule has 2 aromatic carbocycles. The van der Waals surface area contributed by atoms with Crippen molar-refractivity contribution >= 4 is 17.3 Å². The number of aromatic nitrogens is 6. The summed E-state index contributed by atoms with van der Waals surface area (Å²) in [7, 11) is 0. The summed E-state index contributed by atoms with van der Waals surface area (Å²) >= 11 is 0. The fourth-order valence-electron chi connectivity index (χ4n) is 4.27. The summed E-state index contributed by atoms with van der Waals surface area (Å²) < 4.78 is 21.6. The van der Waals surface area contributed by atoms with Crippen molar-refractivity contribution in [1.82, 2.24) is 29.9 Å². The Labute approximate surface area is 219 Å². The quantitative estimate of drug-likeness (QED) is 0.349. The lowest BCUT2D eigenvalue weighted by atomic mass is 10.1. The number of rotatable bonds is 6. The van der Waals surface area contributed by atoms with E-state index in [1.54, 1.807) is 29.2 Å². The van der Waals surface area contributed by atoms with Gasteiger partial charge in [-0.2, -0.15) is 0 Å². The Morgan fingerprint density at radius 3 is 2.50 bits per heavy atom. The Bertz CT molecular complexity index is 1550. The molecule has 10 heteroatoms. The van der Waals surface area contributed by atoms with Crippen molar-refractivity contribution in [3.05, 3.63) is 90.8 Å². The first-order valence-electron chi connectivity index (χ1n) is 12.3. The van der Waals surface area contributed by atoms with Gasteiger partial charge in [0.25, 0.3) is 0 Å². The maximum Gasteiger partial charge on any atom is 0.227 e. The number of ether oxygens (including phenoxy) is 1. The molecule has 0 radical (unpaired) electrons. The van der Waals surface area contributed by atoms with Crippen LogP contribution >= 0.6 is 0 Å². The lowest BCUT2D eigenvalue weighted by molar-refractivity contribution is 0.122. The van der Waals surface area contributed by atoms with Gasteiger partial charge in [0.2, 0.25) is 5.95 Å². The molecule has 1 N–H and O–H groups in total. The molecule has 38 heavy (non-hydrogen) atoms. The summed E-state index contributed by atoms with van der Waals surface area (Å²) in [6.07, 6.45) is 5.32. The van der Waals surface area contributed by atoms with Gasteiger partial charge in [-0.3, -0.25) is 4.98 Å². The second kappa shape index (κ2) is 10.3. The number of benzene rings is 2. The number of nitrogens with one attached hydrogen (secondary N) is 1. The maximum atomic E-state index is 14.5. The van der Waals surface area contributed by atoms with Crippen LogP contribution in [-0.2, 0) is 4.74 Å². The van der Waals surface area contributed by atoms with Crippen molar-refractivity contribution in [2.75, 3.05) is 36.5 Å². The topological polar surface area (TPSA) is 93.9 Å². The van der Waals surface area contributed by atoms with Crippen LogP contribution in [0.1, 0.15) is 5.69 Å². The Morgan fingerprint density at radius 2 is 1.71 bits per heavy atom. The third-order valence-electron chi connectivity index (χ3n) is 6.30. The zero-order chi connectivity index (χ0) is 25.9. The van der Waals surface area contributed by atoms with Gasteiger partial charge in [0.15, 0.2) is 0 Å². The Kier molecular flexibility index (Phi) is 6.45. The highest BCUT2D eigenvalue weighted by Gasteiger charge is 2.14. The third-order valence-corrected chi connectivity index (χ3v) is 6.30. The smallest absolute Gasteiger partial charge is 0.227 e. The molecule has 0 unspecified atom stereocenters. The van der Waals surface area contributed by atoms with E-state index in [9.17, 15) is 4.39 Å². The first-order chi connectivity index (χ1) is 18.6. The third kappa shape index (κ3) is 5.21. The van der Waals surface area contributed by atoms with Gasteiger partial charge in [-0.1, -0.05) is 5.21 Å². The van der Waals surface area contributed by atoms with Crippen LogP contribution < -0.4 is 10.2 Å². The van der Waals surface area contributed by atoms with Gasteiger partial charge in [-0.05, 0) is 67.6 Å². The molecule has 1 aliphatic rings. The molecule has 0 aliphatic carbocycles. The molecular formula is C28H25FN8O. The highest BCUT2D eigenvalue weighted by Crippen LogP contribution is 2.27. The van der Waals surface area contributed by atoms with E-state index in [1.165, 1.54) is 6.07 Å². The summed E-state index contributed by atoms with van der Waals surface area (Å²) in [5, 5.41) is 11.7. The minimum absolute atomic E-state index is 0.303. The van der Waals surface area contributed by atoms with Crippen molar-refractivity contribution in [3.8, 4) is 28.2 Å². The number of aryl methyl sites for hydroxylation is 1. The van der Waals surface area contributed by atoms with Crippen molar-refractivity contribution in [1.29, 1.82) is 0 Å². The van der Waals surface area contributed by atoms with Gasteiger partial charge in [-0.25, -0.2) is 19.0 Å². The maximum absolute atomic E-state index is 14.5. The zero-order valence-corrected chi connectivity index (χ0v) is 20.8. The second-order valence-electron chi connectivity index (χ2n) is 8.97. The molecule has 5 aromatic rings. The molecule has 3 aromatic heterocycles. The molecule has 0 atom stereocenters. The fraction of sp³-hybridized carbons (Fsp3) is 0.179. The Hall–Kier alpha value is -4.70. The van der Waals surface area contributed by atoms with E-state index in [0.717, 1.165) is 47.1 Å². The largest absolute Gasteiger partial charge is 0.378 e. The first-order valence-corrected chi connectivity index (χ1v) is 12.3. The highest BCUT2D eigenvalue weighted by molar-refractivity contribution is 5.67. The molecule has 1 saturated heterocycles. The number of anilines is 3. The van der Waals surface area contributed by atoms with Gasteiger partial charge in [0, 0.05) is 53.7 Å². The first kappa shape index (κ1) is 23.7. The van der Waals surface area contributed by atoms with Crippen molar-refractivity contribution in [3.63, 3.8) is 0 Å². The van der Waals surface area contributed by atoms with Gasteiger partial charge >= 0.3 is 0 Å². The van der Waals surface area contributed by atoms with Crippen LogP contribution in [0, 0.1) is 12.7 Å². The Balaban J connectivity index is 1.18. The van der Waals surface area contributed by atoms with Crippen molar-refractivity contribution < 1.29 is 9.13 Å². The van der Waals surface area contributed by atoms with E-state index in [0.29, 0.717) is 30.4 Å². The van der Waals surface area contributed by atoms with Crippen LogP contribution in [-0.4, -0.2) is 56.2 Å². The number of hydrogen-bond donors (Lipinski definition) is 1. The molecule has 0 spiro atoms. The molecule has 190 valence electrons. The summed E-state index contributed by atoms with van der Waals surface area (Å²) in [6, 6.07) is 18.4. The van der Waals surface area contributed by atoms with E-state index in [4.69, 9.17) is 4.74 Å². The number of morpholine rings is 1. The summed E-state index contributed by atoms with van der Waals surface area (Å²) in [6.45, 7) is 4.67. The number of pyridine rings is 1. The molecule has 9 nitrogen and oxygen atoms in total. The lowest BCUT2D eigenvalue weighted by Gasteiger charge is -2.29. The molecule has 1 aliphatic heterocycles. The lowest BCUT2D eigenvalue weighted by Crippen LogP contribution is -2.36. The standard InChI is InChI=1S/C28H25FN8O/c1-19-2-3-20(17-31-19)27-18-37(35-34-27)24-6-4-23(5-7-24)32-28-30-9-8-26(33-28)21-14-22(29)16-25(15-21)36-10-12-38-13-11-36/h2-9,14-18H,10-13H2,1H3,(H,30,32,33). The van der Waals surface area contributed by atoms with Gasteiger partial charge in [-0.15, -0.1) is 5.10 Å². The Morgan fingerprint density at radius 1 is 0.868 bits per heavy atom. The van der Waals surface area contributed by atoms with Crippen LogP contribution in [0.25, 0.3) is 28.2 Å². The SMILES string of the molecule is Cc1ccc(-c2cn(-c3ccc(Nc4nccc(-c5cc(F)cc(N6CCOCC6)c5)n4)cc3)nn2)cn1. The monoisotopic (exact) mass is 508 g/mol. The molecule has 6 rings (SSSR count). The normalized spacial score (nSPS) is 13.5. The van der Waals surface area contributed by atoms with E-state index in [1.807, 2.05) is 55.6 Å². The zero-order valence-electron chi connectivity index (χ0n) is 20.8. The predicted molar refractivity (Wildman–Crippen MR) is 143 cm³/mol. The molecule has 0 amide bonds. The fourth-order valence-corrected chi connectivity index (χ4v) is 4.27. The van der Waals surface area contributed by atoms with Crippen LogP contribution in [0.15, 0.2) is 79.3 Å². The van der Waals surface area contributed by atoms with Gasteiger partial charge < -0.3 is 15.0 Å². The van der Waals surface area contributed by atoms with Gasteiger partial charge in [0.05, 0.1) is 30.8 Å². The average Bonchev–Trinajstić information content (AvgIpc) is 3.45. The number of nitrogens with zero attached hydrogens (tertiary/aromatic N) is 7. The number of hydrogen-bond acceptors (Lipinski definition) is 8. The van der Waals surface area contributed by atoms with E-state index in [2.05, 4.69) is 35.5 Å². The van der Waals surface area contributed by atoms with Crippen LogP contribution in [0.3, 0.4) is 0 Å². The van der Waals surface area contributed by atoms with E-state index < -0.39 is 0 Å². The molecule has 0 saturated carbocycles. The molecule has 1 fully saturated rings. The minimum atomic E-state index is -0.303. The number of halogens is 1. The van der Waals surface area contributed by atoms with Crippen LogP contribution in [0.5, 0.6) is 0 Å². The predicted octanol–water partition coefficient (Wildman–Crippen LogP) is 4.81. The molecule has 0 bridgehead atoms. The van der Waals surface area contributed by atoms with E-state index in [-0.39, 0.29) is 5.82 Å². The summed E-state index contributed by atoms with van der Waals surface area (Å²) in [4.78, 5) is 15.4. The highest BCUT2D eigenvalue weighted by atomic mass is 19.1. The summed E-state index contributed by atoms with van der Waals surface area (Å²) in [5.41, 5.74) is 6.43. The van der Waals surface area contributed by atoms with Crippen molar-refractivity contribution in [2.24, 2.45) is 0 Å². The van der Waals surface area contributed by atoms with E-state index >= 15 is 0 Å². The summed E-state index contributed by atoms with van der Waals surface area (Å²) in [5.74, 6) is 0.116. The minimum Gasteiger partial charge on any atom is -0.378 e. The van der Waals surface area contributed by atoms with Crippen LogP contribution in [0.2, 0.25) is 0 Å². The van der Waals surface area contributed by atoms with Crippen LogP contribution in [0.4, 0.5) is 21.7 Å².